The lowest BCUT2D eigenvalue weighted by Gasteiger charge is -2.13. The Labute approximate surface area is 91.1 Å². The number of phenolic OH excluding ortho intramolecular Hbond substituents is 1. The minimum Gasteiger partial charge on any atom is -0.508 e. The second-order valence-electron chi connectivity index (χ2n) is 5.08. The largest absolute Gasteiger partial charge is 0.508 e. The van der Waals surface area contributed by atoms with E-state index in [1.54, 1.807) is 6.07 Å². The number of hydrogen-bond acceptors (Lipinski definition) is 2. The molecule has 1 fully saturated rings. The third kappa shape index (κ3) is 2.32. The molecule has 0 aromatic heterocycles. The Morgan fingerprint density at radius 3 is 2.60 bits per heavy atom. The molecule has 2 nitrogen and oxygen atoms in total. The van der Waals surface area contributed by atoms with Crippen LogP contribution in [0.3, 0.4) is 0 Å². The van der Waals surface area contributed by atoms with E-state index in [4.69, 9.17) is 5.73 Å². The van der Waals surface area contributed by atoms with Crippen LogP contribution in [0.4, 0.5) is 0 Å². The van der Waals surface area contributed by atoms with E-state index in [1.807, 2.05) is 6.07 Å². The van der Waals surface area contributed by atoms with E-state index >= 15 is 0 Å². The molecule has 0 atom stereocenters. The molecule has 1 saturated carbocycles. The Morgan fingerprint density at radius 2 is 2.07 bits per heavy atom. The van der Waals surface area contributed by atoms with Gasteiger partial charge in [-0.1, -0.05) is 26.0 Å². The minimum absolute atomic E-state index is 0.0346. The van der Waals surface area contributed by atoms with Crippen molar-refractivity contribution in [3.63, 3.8) is 0 Å². The van der Waals surface area contributed by atoms with E-state index in [1.165, 1.54) is 5.56 Å². The monoisotopic (exact) mass is 205 g/mol. The molecule has 2 heteroatoms. The van der Waals surface area contributed by atoms with Crippen LogP contribution in [0.1, 0.15) is 43.7 Å². The molecule has 2 rings (SSSR count). The molecule has 0 bridgehead atoms. The van der Waals surface area contributed by atoms with Crippen LogP contribution in [0.5, 0.6) is 5.75 Å². The van der Waals surface area contributed by atoms with Crippen molar-refractivity contribution in [1.82, 2.24) is 0 Å². The normalized spacial score (nSPS) is 18.1. The number of rotatable bonds is 3. The van der Waals surface area contributed by atoms with Crippen molar-refractivity contribution in [2.75, 3.05) is 0 Å². The highest BCUT2D eigenvalue weighted by molar-refractivity contribution is 5.39. The lowest BCUT2D eigenvalue weighted by atomic mass is 9.96. The van der Waals surface area contributed by atoms with E-state index in [0.717, 1.165) is 24.8 Å². The van der Waals surface area contributed by atoms with E-state index in [0.29, 0.717) is 11.7 Å². The van der Waals surface area contributed by atoms with Crippen LogP contribution in [0, 0.1) is 0 Å². The average molecular weight is 205 g/mol. The van der Waals surface area contributed by atoms with Gasteiger partial charge < -0.3 is 10.8 Å². The smallest absolute Gasteiger partial charge is 0.118 e. The molecule has 0 radical (unpaired) electrons. The summed E-state index contributed by atoms with van der Waals surface area (Å²) < 4.78 is 0. The van der Waals surface area contributed by atoms with Crippen molar-refractivity contribution in [3.8, 4) is 5.75 Å². The summed E-state index contributed by atoms with van der Waals surface area (Å²) in [5.74, 6) is 0.883. The lowest BCUT2D eigenvalue weighted by Crippen LogP contribution is -2.24. The maximum Gasteiger partial charge on any atom is 0.118 e. The fourth-order valence-corrected chi connectivity index (χ4v) is 1.82. The third-order valence-corrected chi connectivity index (χ3v) is 3.20. The first-order valence-corrected chi connectivity index (χ1v) is 5.61. The number of phenols is 1. The van der Waals surface area contributed by atoms with Gasteiger partial charge in [0.1, 0.15) is 5.75 Å². The molecule has 0 spiro atoms. The van der Waals surface area contributed by atoms with Gasteiger partial charge in [0.15, 0.2) is 0 Å². The van der Waals surface area contributed by atoms with Crippen LogP contribution in [0.15, 0.2) is 18.2 Å². The van der Waals surface area contributed by atoms with E-state index in [9.17, 15) is 5.11 Å². The molecular weight excluding hydrogens is 186 g/mol. The number of aromatic hydroxyl groups is 1. The van der Waals surface area contributed by atoms with Crippen LogP contribution < -0.4 is 5.73 Å². The van der Waals surface area contributed by atoms with Gasteiger partial charge in [0.25, 0.3) is 0 Å². The van der Waals surface area contributed by atoms with Crippen LogP contribution in [0.2, 0.25) is 0 Å². The number of benzene rings is 1. The Hall–Kier alpha value is -1.02. The van der Waals surface area contributed by atoms with Crippen molar-refractivity contribution >= 4 is 0 Å². The molecular formula is C13H19NO. The Morgan fingerprint density at radius 1 is 1.40 bits per heavy atom. The van der Waals surface area contributed by atoms with Crippen molar-refractivity contribution in [3.05, 3.63) is 29.3 Å². The van der Waals surface area contributed by atoms with Gasteiger partial charge in [-0.3, -0.25) is 0 Å². The quantitative estimate of drug-likeness (QED) is 0.796. The van der Waals surface area contributed by atoms with Gasteiger partial charge in [-0.2, -0.15) is 0 Å². The second-order valence-corrected chi connectivity index (χ2v) is 5.08. The van der Waals surface area contributed by atoms with Crippen LogP contribution in [-0.4, -0.2) is 10.6 Å². The zero-order valence-corrected chi connectivity index (χ0v) is 9.46. The lowest BCUT2D eigenvalue weighted by molar-refractivity contribution is 0.463. The van der Waals surface area contributed by atoms with Gasteiger partial charge in [0, 0.05) is 5.54 Å². The van der Waals surface area contributed by atoms with Crippen molar-refractivity contribution < 1.29 is 5.11 Å². The molecule has 0 amide bonds. The first-order chi connectivity index (χ1) is 7.00. The summed E-state index contributed by atoms with van der Waals surface area (Å²) >= 11 is 0. The number of nitrogens with two attached hydrogens (primary N) is 1. The van der Waals surface area contributed by atoms with E-state index < -0.39 is 0 Å². The molecule has 82 valence electrons. The Bertz CT molecular complexity index is 367. The molecule has 1 aromatic rings. The zero-order chi connectivity index (χ0) is 11.1. The van der Waals surface area contributed by atoms with Crippen LogP contribution in [0.25, 0.3) is 0 Å². The molecule has 0 heterocycles. The fourth-order valence-electron chi connectivity index (χ4n) is 1.82. The van der Waals surface area contributed by atoms with Gasteiger partial charge in [-0.15, -0.1) is 0 Å². The molecule has 1 aromatic carbocycles. The molecule has 3 N–H and O–H groups in total. The van der Waals surface area contributed by atoms with Gasteiger partial charge >= 0.3 is 0 Å². The highest BCUT2D eigenvalue weighted by Gasteiger charge is 2.38. The van der Waals surface area contributed by atoms with Gasteiger partial charge in [-0.05, 0) is 42.4 Å². The first-order valence-electron chi connectivity index (χ1n) is 5.61. The minimum atomic E-state index is -0.0346. The van der Waals surface area contributed by atoms with E-state index in [2.05, 4.69) is 19.9 Å². The topological polar surface area (TPSA) is 46.2 Å². The standard InChI is InChI=1S/C13H19NO/c1-9(2)10-3-4-12(15)11(7-10)8-13(14)5-6-13/h3-4,7,9,15H,5-6,8,14H2,1-2H3. The summed E-state index contributed by atoms with van der Waals surface area (Å²) in [6.45, 7) is 4.32. The molecule has 0 aliphatic heterocycles. The Kier molecular flexibility index (Phi) is 2.47. The van der Waals surface area contributed by atoms with Crippen molar-refractivity contribution in [2.24, 2.45) is 5.73 Å². The SMILES string of the molecule is CC(C)c1ccc(O)c(CC2(N)CC2)c1. The highest BCUT2D eigenvalue weighted by Crippen LogP contribution is 2.38. The summed E-state index contributed by atoms with van der Waals surface area (Å²) in [5.41, 5.74) is 8.30. The third-order valence-electron chi connectivity index (χ3n) is 3.20. The molecule has 0 unspecified atom stereocenters. The average Bonchev–Trinajstić information content (AvgIpc) is 2.87. The van der Waals surface area contributed by atoms with Crippen molar-refractivity contribution in [1.29, 1.82) is 0 Å². The summed E-state index contributed by atoms with van der Waals surface area (Å²) in [6, 6.07) is 5.86. The van der Waals surface area contributed by atoms with Gasteiger partial charge in [0.2, 0.25) is 0 Å². The highest BCUT2D eigenvalue weighted by atomic mass is 16.3. The molecule has 0 saturated heterocycles. The summed E-state index contributed by atoms with van der Waals surface area (Å²) in [6.07, 6.45) is 2.97. The summed E-state index contributed by atoms with van der Waals surface area (Å²) in [7, 11) is 0. The molecule has 15 heavy (non-hydrogen) atoms. The van der Waals surface area contributed by atoms with Crippen LogP contribution in [-0.2, 0) is 6.42 Å². The predicted molar refractivity (Wildman–Crippen MR) is 62.1 cm³/mol. The summed E-state index contributed by atoms with van der Waals surface area (Å²) in [4.78, 5) is 0. The zero-order valence-electron chi connectivity index (χ0n) is 9.46. The second kappa shape index (κ2) is 3.53. The van der Waals surface area contributed by atoms with Gasteiger partial charge in [-0.25, -0.2) is 0 Å². The molecule has 1 aliphatic rings. The van der Waals surface area contributed by atoms with Gasteiger partial charge in [0.05, 0.1) is 0 Å². The number of hydrogen-bond donors (Lipinski definition) is 2. The maximum absolute atomic E-state index is 9.75. The maximum atomic E-state index is 9.75. The first kappa shape index (κ1) is 10.5. The van der Waals surface area contributed by atoms with Crippen LogP contribution >= 0.6 is 0 Å². The van der Waals surface area contributed by atoms with E-state index in [-0.39, 0.29) is 5.54 Å². The Balaban J connectivity index is 2.24. The van der Waals surface area contributed by atoms with Crippen molar-refractivity contribution in [2.45, 2.75) is 44.6 Å². The fraction of sp³-hybridized carbons (Fsp3) is 0.538. The molecule has 1 aliphatic carbocycles. The summed E-state index contributed by atoms with van der Waals surface area (Å²) in [5, 5.41) is 9.75. The predicted octanol–water partition coefficient (Wildman–Crippen LogP) is 2.55.